The molecule has 0 bridgehead atoms. The number of hydrogen-bond donors (Lipinski definition) is 1. The van der Waals surface area contributed by atoms with E-state index in [9.17, 15) is 9.59 Å². The van der Waals surface area contributed by atoms with E-state index in [0.717, 1.165) is 34.5 Å². The number of amidine groups is 1. The van der Waals surface area contributed by atoms with Crippen LogP contribution in [0.25, 0.3) is 0 Å². The number of carbonyl (C=O) groups excluding carboxylic acids is 2. The number of hydrogen-bond acceptors (Lipinski definition) is 5. The molecule has 0 radical (unpaired) electrons. The largest absolute Gasteiger partial charge is 0.369 e. The first-order valence-corrected chi connectivity index (χ1v) is 7.69. The number of anilines is 2. The van der Waals surface area contributed by atoms with Gasteiger partial charge in [0.25, 0.3) is 0 Å². The van der Waals surface area contributed by atoms with E-state index in [1.54, 1.807) is 16.7 Å². The first-order chi connectivity index (χ1) is 10.1. The first kappa shape index (κ1) is 12.7. The number of thioether (sulfide) groups is 1. The van der Waals surface area contributed by atoms with E-state index in [0.29, 0.717) is 6.54 Å². The van der Waals surface area contributed by atoms with Crippen LogP contribution in [0, 0.1) is 5.92 Å². The van der Waals surface area contributed by atoms with Crippen LogP contribution in [-0.4, -0.2) is 36.6 Å². The predicted octanol–water partition coefficient (Wildman–Crippen LogP) is 0.806. The standard InChI is InChI=1S/C14H14N4O2S/c15-13(20)8-5-12(19)18(7-8)9-1-2-11-10(6-9)17-4-3-16-14(17)21-11/h1-2,6,8H,3-5,7H2,(H2,15,20). The molecule has 6 nitrogen and oxygen atoms in total. The lowest BCUT2D eigenvalue weighted by Crippen LogP contribution is -2.28. The van der Waals surface area contributed by atoms with Crippen molar-refractivity contribution < 1.29 is 9.59 Å². The van der Waals surface area contributed by atoms with Crippen LogP contribution in [0.15, 0.2) is 28.1 Å². The molecule has 1 atom stereocenters. The smallest absolute Gasteiger partial charge is 0.227 e. The molecule has 0 aliphatic carbocycles. The summed E-state index contributed by atoms with van der Waals surface area (Å²) in [5, 5.41) is 1.03. The summed E-state index contributed by atoms with van der Waals surface area (Å²) < 4.78 is 0. The molecule has 4 rings (SSSR count). The molecule has 3 heterocycles. The number of nitrogens with zero attached hydrogens (tertiary/aromatic N) is 3. The van der Waals surface area contributed by atoms with E-state index in [4.69, 9.17) is 5.73 Å². The number of carbonyl (C=O) groups is 2. The Morgan fingerprint density at radius 2 is 2.24 bits per heavy atom. The number of benzene rings is 1. The fraction of sp³-hybridized carbons (Fsp3) is 0.357. The number of nitrogens with two attached hydrogens (primary N) is 1. The van der Waals surface area contributed by atoms with Gasteiger partial charge < -0.3 is 15.5 Å². The van der Waals surface area contributed by atoms with Crippen LogP contribution in [-0.2, 0) is 9.59 Å². The minimum Gasteiger partial charge on any atom is -0.369 e. The predicted molar refractivity (Wildman–Crippen MR) is 81.6 cm³/mol. The molecule has 108 valence electrons. The third-order valence-electron chi connectivity index (χ3n) is 4.08. The lowest BCUT2D eigenvalue weighted by Gasteiger charge is -2.19. The summed E-state index contributed by atoms with van der Waals surface area (Å²) in [5.41, 5.74) is 7.25. The third kappa shape index (κ3) is 1.91. The molecule has 3 aliphatic heterocycles. The zero-order valence-corrected chi connectivity index (χ0v) is 12.1. The monoisotopic (exact) mass is 302 g/mol. The van der Waals surface area contributed by atoms with Crippen molar-refractivity contribution in [1.29, 1.82) is 0 Å². The molecule has 1 aromatic rings. The summed E-state index contributed by atoms with van der Waals surface area (Å²) in [6, 6.07) is 5.95. The summed E-state index contributed by atoms with van der Waals surface area (Å²) in [7, 11) is 0. The number of amides is 2. The highest BCUT2D eigenvalue weighted by atomic mass is 32.2. The molecule has 1 unspecified atom stereocenters. The average molecular weight is 302 g/mol. The van der Waals surface area contributed by atoms with Crippen LogP contribution in [0.2, 0.25) is 0 Å². The van der Waals surface area contributed by atoms with Crippen LogP contribution >= 0.6 is 11.8 Å². The second kappa shape index (κ2) is 4.49. The Balaban J connectivity index is 1.66. The molecule has 1 fully saturated rings. The maximum atomic E-state index is 12.1. The molecule has 1 aromatic carbocycles. The van der Waals surface area contributed by atoms with E-state index in [2.05, 4.69) is 9.89 Å². The van der Waals surface area contributed by atoms with Gasteiger partial charge in [-0.3, -0.25) is 14.6 Å². The fourth-order valence-electron chi connectivity index (χ4n) is 2.95. The van der Waals surface area contributed by atoms with Gasteiger partial charge in [0.1, 0.15) is 0 Å². The minimum absolute atomic E-state index is 0.0419. The molecule has 0 aromatic heterocycles. The van der Waals surface area contributed by atoms with Crippen molar-refractivity contribution in [3.63, 3.8) is 0 Å². The molecular weight excluding hydrogens is 288 g/mol. The number of rotatable bonds is 2. The van der Waals surface area contributed by atoms with E-state index in [1.807, 2.05) is 18.2 Å². The molecule has 1 saturated heterocycles. The summed E-state index contributed by atoms with van der Waals surface area (Å²) in [4.78, 5) is 32.8. The normalized spacial score (nSPS) is 23.3. The molecule has 2 amide bonds. The molecule has 0 saturated carbocycles. The van der Waals surface area contributed by atoms with Crippen molar-refractivity contribution in [2.75, 3.05) is 29.4 Å². The molecule has 2 N–H and O–H groups in total. The Kier molecular flexibility index (Phi) is 2.72. The second-order valence-corrected chi connectivity index (χ2v) is 6.39. The van der Waals surface area contributed by atoms with Crippen LogP contribution < -0.4 is 15.5 Å². The summed E-state index contributed by atoms with van der Waals surface area (Å²) in [6.07, 6.45) is 0.206. The van der Waals surface area contributed by atoms with Crippen molar-refractivity contribution in [3.8, 4) is 0 Å². The van der Waals surface area contributed by atoms with Gasteiger partial charge in [-0.05, 0) is 30.0 Å². The quantitative estimate of drug-likeness (QED) is 0.876. The first-order valence-electron chi connectivity index (χ1n) is 6.87. The number of aliphatic imine (C=N–C) groups is 1. The average Bonchev–Trinajstić information content (AvgIpc) is 3.11. The second-order valence-electron chi connectivity index (χ2n) is 5.38. The van der Waals surface area contributed by atoms with Gasteiger partial charge in [-0.25, -0.2) is 0 Å². The van der Waals surface area contributed by atoms with Crippen LogP contribution in [0.5, 0.6) is 0 Å². The lowest BCUT2D eigenvalue weighted by atomic mass is 10.1. The van der Waals surface area contributed by atoms with E-state index in [1.165, 1.54) is 0 Å². The Hall–Kier alpha value is -2.02. The highest BCUT2D eigenvalue weighted by molar-refractivity contribution is 8.14. The highest BCUT2D eigenvalue weighted by Crippen LogP contribution is 2.44. The van der Waals surface area contributed by atoms with Crippen molar-refractivity contribution >= 4 is 40.1 Å². The minimum atomic E-state index is -0.406. The maximum absolute atomic E-state index is 12.1. The molecular formula is C14H14N4O2S. The van der Waals surface area contributed by atoms with Crippen LogP contribution in [0.4, 0.5) is 11.4 Å². The van der Waals surface area contributed by atoms with Crippen LogP contribution in [0.1, 0.15) is 6.42 Å². The van der Waals surface area contributed by atoms with Gasteiger partial charge in [-0.1, -0.05) is 0 Å². The van der Waals surface area contributed by atoms with Crippen molar-refractivity contribution in [2.24, 2.45) is 16.6 Å². The highest BCUT2D eigenvalue weighted by Gasteiger charge is 2.35. The van der Waals surface area contributed by atoms with Crippen molar-refractivity contribution in [2.45, 2.75) is 11.3 Å². The Morgan fingerprint density at radius 1 is 1.38 bits per heavy atom. The van der Waals surface area contributed by atoms with E-state index >= 15 is 0 Å². The van der Waals surface area contributed by atoms with Crippen LogP contribution in [0.3, 0.4) is 0 Å². The zero-order chi connectivity index (χ0) is 14.6. The maximum Gasteiger partial charge on any atom is 0.227 e. The van der Waals surface area contributed by atoms with Gasteiger partial charge in [0, 0.05) is 30.1 Å². The number of fused-ring (bicyclic) bond motifs is 3. The van der Waals surface area contributed by atoms with Gasteiger partial charge in [0.2, 0.25) is 11.8 Å². The summed E-state index contributed by atoms with van der Waals surface area (Å²) in [6.45, 7) is 2.08. The van der Waals surface area contributed by atoms with Gasteiger partial charge in [0.05, 0.1) is 18.2 Å². The molecule has 7 heteroatoms. The third-order valence-corrected chi connectivity index (χ3v) is 5.17. The molecule has 0 spiro atoms. The van der Waals surface area contributed by atoms with Crippen molar-refractivity contribution in [3.05, 3.63) is 18.2 Å². The Bertz CT molecular complexity index is 688. The zero-order valence-electron chi connectivity index (χ0n) is 11.3. The van der Waals surface area contributed by atoms with Gasteiger partial charge in [-0.2, -0.15) is 0 Å². The fourth-order valence-corrected chi connectivity index (χ4v) is 4.02. The van der Waals surface area contributed by atoms with Gasteiger partial charge >= 0.3 is 0 Å². The van der Waals surface area contributed by atoms with Gasteiger partial charge in [-0.15, -0.1) is 0 Å². The summed E-state index contributed by atoms with van der Waals surface area (Å²) in [5.74, 6) is -0.833. The topological polar surface area (TPSA) is 79.0 Å². The molecule has 3 aliphatic rings. The Morgan fingerprint density at radius 3 is 3.00 bits per heavy atom. The van der Waals surface area contributed by atoms with Crippen molar-refractivity contribution in [1.82, 2.24) is 0 Å². The lowest BCUT2D eigenvalue weighted by molar-refractivity contribution is -0.123. The van der Waals surface area contributed by atoms with Gasteiger partial charge in [0.15, 0.2) is 5.17 Å². The molecule has 21 heavy (non-hydrogen) atoms. The number of primary amides is 1. The SMILES string of the molecule is NC(=O)C1CC(=O)N(c2ccc3c(c2)N2CCN=C2S3)C1. The Labute approximate surface area is 126 Å². The summed E-state index contributed by atoms with van der Waals surface area (Å²) >= 11 is 1.66. The van der Waals surface area contributed by atoms with E-state index in [-0.39, 0.29) is 18.2 Å². The van der Waals surface area contributed by atoms with E-state index < -0.39 is 5.91 Å².